The van der Waals surface area contributed by atoms with E-state index in [1.807, 2.05) is 0 Å². The molecule has 0 saturated carbocycles. The monoisotopic (exact) mass is 243 g/mol. The normalized spacial score (nSPS) is 10.4. The number of halogens is 2. The van der Waals surface area contributed by atoms with E-state index in [-0.39, 0.29) is 17.7 Å². The molecular weight excluding hydrogens is 228 g/mol. The summed E-state index contributed by atoms with van der Waals surface area (Å²) in [4.78, 5) is 13.1. The van der Waals surface area contributed by atoms with Crippen molar-refractivity contribution in [1.82, 2.24) is 4.90 Å². The molecule has 0 radical (unpaired) electrons. The van der Waals surface area contributed by atoms with Crippen LogP contribution in [0.5, 0.6) is 0 Å². The van der Waals surface area contributed by atoms with E-state index >= 15 is 0 Å². The summed E-state index contributed by atoms with van der Waals surface area (Å²) in [5.41, 5.74) is 0.0784. The molecule has 0 bridgehead atoms. The Labute approximate surface area is 98.7 Å². The first-order chi connectivity index (χ1) is 7.97. The highest BCUT2D eigenvalue weighted by Gasteiger charge is 2.17. The van der Waals surface area contributed by atoms with Crippen molar-refractivity contribution < 1.29 is 18.7 Å². The third-order valence-corrected chi connectivity index (χ3v) is 2.48. The summed E-state index contributed by atoms with van der Waals surface area (Å²) in [5, 5.41) is 8.64. The first-order valence-electron chi connectivity index (χ1n) is 5.29. The van der Waals surface area contributed by atoms with E-state index in [1.54, 1.807) is 0 Å². The Bertz CT molecular complexity index is 421. The molecule has 0 fully saturated rings. The lowest BCUT2D eigenvalue weighted by Crippen LogP contribution is -2.29. The smallest absolute Gasteiger partial charge is 0.256 e. The predicted octanol–water partition coefficient (Wildman–Crippen LogP) is 1.73. The van der Waals surface area contributed by atoms with Crippen LogP contribution in [0.3, 0.4) is 0 Å². The van der Waals surface area contributed by atoms with Gasteiger partial charge in [-0.1, -0.05) is 0 Å². The fourth-order valence-electron chi connectivity index (χ4n) is 1.44. The SMILES string of the molecule is Cc1cc(C(=O)N(C)CCCO)c(F)cc1F. The van der Waals surface area contributed by atoms with Crippen molar-refractivity contribution >= 4 is 5.91 Å². The number of aryl methyl sites for hydroxylation is 1. The quantitative estimate of drug-likeness (QED) is 0.874. The third kappa shape index (κ3) is 3.23. The summed E-state index contributed by atoms with van der Waals surface area (Å²) in [5.74, 6) is -2.05. The van der Waals surface area contributed by atoms with Crippen molar-refractivity contribution in [2.75, 3.05) is 20.2 Å². The molecule has 0 unspecified atom stereocenters. The number of hydrogen-bond donors (Lipinski definition) is 1. The van der Waals surface area contributed by atoms with Gasteiger partial charge in [-0.05, 0) is 25.0 Å². The minimum atomic E-state index is -0.867. The van der Waals surface area contributed by atoms with E-state index < -0.39 is 17.5 Å². The molecule has 0 spiro atoms. The maximum atomic E-state index is 13.4. The van der Waals surface area contributed by atoms with Crippen LogP contribution in [-0.4, -0.2) is 36.1 Å². The summed E-state index contributed by atoms with van der Waals surface area (Å²) in [7, 11) is 1.51. The van der Waals surface area contributed by atoms with Crippen molar-refractivity contribution in [3.05, 3.63) is 34.9 Å². The second kappa shape index (κ2) is 5.72. The largest absolute Gasteiger partial charge is 0.396 e. The highest BCUT2D eigenvalue weighted by molar-refractivity contribution is 5.94. The van der Waals surface area contributed by atoms with Gasteiger partial charge in [-0.15, -0.1) is 0 Å². The van der Waals surface area contributed by atoms with Crippen LogP contribution in [0.1, 0.15) is 22.3 Å². The zero-order valence-corrected chi connectivity index (χ0v) is 9.83. The van der Waals surface area contributed by atoms with Gasteiger partial charge in [0.25, 0.3) is 5.91 Å². The molecule has 1 amide bonds. The van der Waals surface area contributed by atoms with Crippen molar-refractivity contribution in [3.8, 4) is 0 Å². The van der Waals surface area contributed by atoms with Gasteiger partial charge in [0.2, 0.25) is 0 Å². The van der Waals surface area contributed by atoms with Crippen molar-refractivity contribution in [3.63, 3.8) is 0 Å². The lowest BCUT2D eigenvalue weighted by atomic mass is 10.1. The number of aliphatic hydroxyl groups excluding tert-OH is 1. The molecule has 0 aliphatic rings. The first-order valence-corrected chi connectivity index (χ1v) is 5.29. The molecule has 1 aromatic carbocycles. The fraction of sp³-hybridized carbons (Fsp3) is 0.417. The number of rotatable bonds is 4. The summed E-state index contributed by atoms with van der Waals surface area (Å²) in [6.07, 6.45) is 0.421. The number of hydrogen-bond acceptors (Lipinski definition) is 2. The van der Waals surface area contributed by atoms with Gasteiger partial charge >= 0.3 is 0 Å². The molecule has 0 saturated heterocycles. The van der Waals surface area contributed by atoms with Crippen LogP contribution in [0.25, 0.3) is 0 Å². The number of nitrogens with zero attached hydrogens (tertiary/aromatic N) is 1. The standard InChI is InChI=1S/C12H15F2NO2/c1-8-6-9(11(14)7-10(8)13)12(17)15(2)4-3-5-16/h6-7,16H,3-5H2,1-2H3. The minimum Gasteiger partial charge on any atom is -0.396 e. The molecule has 1 rings (SSSR count). The molecule has 94 valence electrons. The molecule has 5 heteroatoms. The molecule has 1 N–H and O–H groups in total. The minimum absolute atomic E-state index is 0.0391. The highest BCUT2D eigenvalue weighted by Crippen LogP contribution is 2.15. The second-order valence-corrected chi connectivity index (χ2v) is 3.89. The van der Waals surface area contributed by atoms with Crippen molar-refractivity contribution in [2.45, 2.75) is 13.3 Å². The lowest BCUT2D eigenvalue weighted by Gasteiger charge is -2.17. The van der Waals surface area contributed by atoms with Crippen LogP contribution < -0.4 is 0 Å². The van der Waals surface area contributed by atoms with Crippen molar-refractivity contribution in [2.24, 2.45) is 0 Å². The van der Waals surface area contributed by atoms with E-state index in [0.717, 1.165) is 0 Å². The van der Waals surface area contributed by atoms with Crippen LogP contribution in [0.4, 0.5) is 8.78 Å². The fourth-order valence-corrected chi connectivity index (χ4v) is 1.44. The molecule has 3 nitrogen and oxygen atoms in total. The summed E-state index contributed by atoms with van der Waals surface area (Å²) in [6.45, 7) is 1.76. The number of benzene rings is 1. The van der Waals surface area contributed by atoms with Crippen LogP contribution in [0, 0.1) is 18.6 Å². The van der Waals surface area contributed by atoms with Gasteiger partial charge < -0.3 is 10.0 Å². The van der Waals surface area contributed by atoms with Gasteiger partial charge in [0.15, 0.2) is 0 Å². The Hall–Kier alpha value is -1.49. The highest BCUT2D eigenvalue weighted by atomic mass is 19.1. The lowest BCUT2D eigenvalue weighted by molar-refractivity contribution is 0.0781. The van der Waals surface area contributed by atoms with E-state index in [9.17, 15) is 13.6 Å². The van der Waals surface area contributed by atoms with E-state index in [2.05, 4.69) is 0 Å². The van der Waals surface area contributed by atoms with Crippen LogP contribution >= 0.6 is 0 Å². The molecule has 0 atom stereocenters. The van der Waals surface area contributed by atoms with E-state index in [4.69, 9.17) is 5.11 Å². The molecule has 1 aromatic rings. The van der Waals surface area contributed by atoms with Gasteiger partial charge in [-0.2, -0.15) is 0 Å². The Morgan fingerprint density at radius 2 is 2.00 bits per heavy atom. The average molecular weight is 243 g/mol. The molecular formula is C12H15F2NO2. The third-order valence-electron chi connectivity index (χ3n) is 2.48. The zero-order chi connectivity index (χ0) is 13.0. The summed E-state index contributed by atoms with van der Waals surface area (Å²) in [6, 6.07) is 1.91. The Kier molecular flexibility index (Phi) is 4.57. The van der Waals surface area contributed by atoms with E-state index in [1.165, 1.54) is 24.9 Å². The summed E-state index contributed by atoms with van der Waals surface area (Å²) < 4.78 is 26.5. The van der Waals surface area contributed by atoms with Crippen LogP contribution in [0.2, 0.25) is 0 Å². The maximum Gasteiger partial charge on any atom is 0.256 e. The molecule has 17 heavy (non-hydrogen) atoms. The number of carbonyl (C=O) groups is 1. The van der Waals surface area contributed by atoms with Gasteiger partial charge in [0.05, 0.1) is 5.56 Å². The molecule has 0 aromatic heterocycles. The van der Waals surface area contributed by atoms with Crippen LogP contribution in [0.15, 0.2) is 12.1 Å². The van der Waals surface area contributed by atoms with Crippen LogP contribution in [-0.2, 0) is 0 Å². The van der Waals surface area contributed by atoms with Gasteiger partial charge in [0, 0.05) is 26.3 Å². The Balaban J connectivity index is 2.92. The number of aliphatic hydroxyl groups is 1. The average Bonchev–Trinajstić information content (AvgIpc) is 2.29. The summed E-state index contributed by atoms with van der Waals surface area (Å²) >= 11 is 0. The number of amides is 1. The maximum absolute atomic E-state index is 13.4. The first kappa shape index (κ1) is 13.6. The molecule has 0 aliphatic carbocycles. The zero-order valence-electron chi connectivity index (χ0n) is 9.83. The van der Waals surface area contributed by atoms with Crippen molar-refractivity contribution in [1.29, 1.82) is 0 Å². The van der Waals surface area contributed by atoms with E-state index in [0.29, 0.717) is 19.0 Å². The Morgan fingerprint density at radius 3 is 2.59 bits per heavy atom. The second-order valence-electron chi connectivity index (χ2n) is 3.89. The number of carbonyl (C=O) groups excluding carboxylic acids is 1. The van der Waals surface area contributed by atoms with Gasteiger partial charge in [0.1, 0.15) is 11.6 Å². The molecule has 0 aliphatic heterocycles. The topological polar surface area (TPSA) is 40.5 Å². The molecule has 0 heterocycles. The predicted molar refractivity (Wildman–Crippen MR) is 59.8 cm³/mol. The van der Waals surface area contributed by atoms with Gasteiger partial charge in [-0.3, -0.25) is 4.79 Å². The van der Waals surface area contributed by atoms with Gasteiger partial charge in [-0.25, -0.2) is 8.78 Å². The Morgan fingerprint density at radius 1 is 1.35 bits per heavy atom.